The molecule has 0 spiro atoms. The second kappa shape index (κ2) is 5.88. The van der Waals surface area contributed by atoms with E-state index in [0.717, 1.165) is 46.9 Å². The zero-order valence-corrected chi connectivity index (χ0v) is 13.3. The third-order valence-electron chi connectivity index (χ3n) is 3.76. The molecular weight excluding hydrogens is 340 g/mol. The molecule has 1 aromatic carbocycles. The molecule has 1 saturated carbocycles. The summed E-state index contributed by atoms with van der Waals surface area (Å²) in [6.45, 7) is 0. The highest BCUT2D eigenvalue weighted by Gasteiger charge is 2.19. The van der Waals surface area contributed by atoms with Crippen LogP contribution in [0.1, 0.15) is 25.7 Å². The molecule has 3 rings (SSSR count). The van der Waals surface area contributed by atoms with Crippen LogP contribution in [0.15, 0.2) is 28.7 Å². The molecule has 0 bridgehead atoms. The molecule has 0 amide bonds. The van der Waals surface area contributed by atoms with Crippen LogP contribution < -0.4 is 5.32 Å². The fraction of sp³-hybridized carbons (Fsp3) is 0.400. The number of rotatable bonds is 2. The lowest BCUT2D eigenvalue weighted by molar-refractivity contribution is 0.126. The molecule has 3 nitrogen and oxygen atoms in total. The van der Waals surface area contributed by atoms with Crippen LogP contribution in [0.4, 0.5) is 5.82 Å². The minimum absolute atomic E-state index is 0.135. The minimum Gasteiger partial charge on any atom is -0.393 e. The number of nitrogens with zero attached hydrogens (tertiary/aromatic N) is 1. The van der Waals surface area contributed by atoms with Crippen molar-refractivity contribution >= 4 is 44.3 Å². The highest BCUT2D eigenvalue weighted by molar-refractivity contribution is 9.10. The maximum Gasteiger partial charge on any atom is 0.126 e. The Labute approximate surface area is 131 Å². The summed E-state index contributed by atoms with van der Waals surface area (Å²) in [5, 5.41) is 14.6. The number of hydrogen-bond donors (Lipinski definition) is 2. The SMILES string of the molecule is OC1CCC(Nc2ccc3cc(Br)cc(Cl)c3n2)CC1. The Kier molecular flexibility index (Phi) is 4.15. The summed E-state index contributed by atoms with van der Waals surface area (Å²) in [5.74, 6) is 0.850. The molecule has 1 heterocycles. The van der Waals surface area contributed by atoms with Crippen molar-refractivity contribution in [3.8, 4) is 0 Å². The van der Waals surface area contributed by atoms with E-state index in [1.165, 1.54) is 0 Å². The van der Waals surface area contributed by atoms with Gasteiger partial charge >= 0.3 is 0 Å². The van der Waals surface area contributed by atoms with Crippen molar-refractivity contribution in [3.05, 3.63) is 33.8 Å². The minimum atomic E-state index is -0.135. The summed E-state index contributed by atoms with van der Waals surface area (Å²) in [6, 6.07) is 8.26. The van der Waals surface area contributed by atoms with Crippen molar-refractivity contribution in [2.24, 2.45) is 0 Å². The van der Waals surface area contributed by atoms with Crippen LogP contribution in [-0.4, -0.2) is 22.2 Å². The Morgan fingerprint density at radius 3 is 2.70 bits per heavy atom. The lowest BCUT2D eigenvalue weighted by Crippen LogP contribution is -2.28. The molecule has 5 heteroatoms. The lowest BCUT2D eigenvalue weighted by atomic mass is 9.93. The topological polar surface area (TPSA) is 45.1 Å². The summed E-state index contributed by atoms with van der Waals surface area (Å²) in [5.41, 5.74) is 0.815. The van der Waals surface area contributed by atoms with Gasteiger partial charge in [0.2, 0.25) is 0 Å². The molecule has 2 N–H and O–H groups in total. The van der Waals surface area contributed by atoms with E-state index < -0.39 is 0 Å². The number of aromatic nitrogens is 1. The first-order valence-electron chi connectivity index (χ1n) is 6.82. The molecule has 0 aliphatic heterocycles. The molecule has 0 atom stereocenters. The normalized spacial score (nSPS) is 22.9. The monoisotopic (exact) mass is 354 g/mol. The first-order valence-corrected chi connectivity index (χ1v) is 7.99. The van der Waals surface area contributed by atoms with Crippen molar-refractivity contribution < 1.29 is 5.11 Å². The van der Waals surface area contributed by atoms with Crippen molar-refractivity contribution in [3.63, 3.8) is 0 Å². The van der Waals surface area contributed by atoms with Gasteiger partial charge in [-0.1, -0.05) is 27.5 Å². The number of anilines is 1. The molecule has 1 fully saturated rings. The number of pyridine rings is 1. The Hall–Kier alpha value is -0.840. The smallest absolute Gasteiger partial charge is 0.126 e. The Morgan fingerprint density at radius 1 is 1.20 bits per heavy atom. The van der Waals surface area contributed by atoms with E-state index in [-0.39, 0.29) is 6.10 Å². The number of aliphatic hydroxyl groups excluding tert-OH is 1. The first-order chi connectivity index (χ1) is 9.61. The summed E-state index contributed by atoms with van der Waals surface area (Å²) in [6.07, 6.45) is 3.55. The average molecular weight is 356 g/mol. The van der Waals surface area contributed by atoms with Gasteiger partial charge in [-0.3, -0.25) is 0 Å². The van der Waals surface area contributed by atoms with Crippen molar-refractivity contribution in [2.45, 2.75) is 37.8 Å². The van der Waals surface area contributed by atoms with Crippen LogP contribution in [0.3, 0.4) is 0 Å². The second-order valence-electron chi connectivity index (χ2n) is 5.31. The van der Waals surface area contributed by atoms with E-state index >= 15 is 0 Å². The lowest BCUT2D eigenvalue weighted by Gasteiger charge is -2.26. The summed E-state index contributed by atoms with van der Waals surface area (Å²) < 4.78 is 0.957. The molecule has 106 valence electrons. The quantitative estimate of drug-likeness (QED) is 0.841. The van der Waals surface area contributed by atoms with Crippen LogP contribution in [0.2, 0.25) is 5.02 Å². The number of nitrogens with one attached hydrogen (secondary N) is 1. The van der Waals surface area contributed by atoms with E-state index in [4.69, 9.17) is 11.6 Å². The molecule has 20 heavy (non-hydrogen) atoms. The van der Waals surface area contributed by atoms with Gasteiger partial charge < -0.3 is 10.4 Å². The van der Waals surface area contributed by atoms with Crippen LogP contribution in [0.5, 0.6) is 0 Å². The molecule has 1 aromatic heterocycles. The van der Waals surface area contributed by atoms with Gasteiger partial charge in [-0.25, -0.2) is 4.98 Å². The third-order valence-corrected chi connectivity index (χ3v) is 4.51. The molecule has 1 aliphatic rings. The van der Waals surface area contributed by atoms with Crippen LogP contribution in [-0.2, 0) is 0 Å². The maximum absolute atomic E-state index is 9.53. The van der Waals surface area contributed by atoms with Crippen LogP contribution in [0, 0.1) is 0 Å². The van der Waals surface area contributed by atoms with Gasteiger partial charge in [0.05, 0.1) is 16.6 Å². The highest BCUT2D eigenvalue weighted by Crippen LogP contribution is 2.28. The van der Waals surface area contributed by atoms with E-state index in [1.807, 2.05) is 24.3 Å². The molecular formula is C15H16BrClN2O. The molecule has 0 saturated heterocycles. The fourth-order valence-corrected chi connectivity index (χ4v) is 3.54. The average Bonchev–Trinajstić information content (AvgIpc) is 2.42. The van der Waals surface area contributed by atoms with E-state index in [2.05, 4.69) is 26.2 Å². The second-order valence-corrected chi connectivity index (χ2v) is 6.63. The molecule has 2 aromatic rings. The van der Waals surface area contributed by atoms with Gasteiger partial charge in [-0.15, -0.1) is 0 Å². The summed E-state index contributed by atoms with van der Waals surface area (Å²) in [7, 11) is 0. The van der Waals surface area contributed by atoms with Crippen molar-refractivity contribution in [2.75, 3.05) is 5.32 Å². The summed E-state index contributed by atoms with van der Waals surface area (Å²) >= 11 is 9.68. The molecule has 1 aliphatic carbocycles. The largest absolute Gasteiger partial charge is 0.393 e. The van der Waals surface area contributed by atoms with Gasteiger partial charge in [0, 0.05) is 15.9 Å². The van der Waals surface area contributed by atoms with E-state index in [1.54, 1.807) is 0 Å². The standard InChI is InChI=1S/C15H16BrClN2O/c16-10-7-9-1-6-14(19-15(9)13(17)8-10)18-11-2-4-12(20)5-3-11/h1,6-8,11-12,20H,2-5H2,(H,18,19). The van der Waals surface area contributed by atoms with E-state index in [0.29, 0.717) is 11.1 Å². The van der Waals surface area contributed by atoms with E-state index in [9.17, 15) is 5.11 Å². The van der Waals surface area contributed by atoms with Gasteiger partial charge in [0.1, 0.15) is 5.82 Å². The van der Waals surface area contributed by atoms with Gasteiger partial charge in [-0.05, 0) is 49.9 Å². The van der Waals surface area contributed by atoms with Crippen molar-refractivity contribution in [1.82, 2.24) is 4.98 Å². The zero-order valence-electron chi connectivity index (χ0n) is 10.9. The van der Waals surface area contributed by atoms with Crippen molar-refractivity contribution in [1.29, 1.82) is 0 Å². The van der Waals surface area contributed by atoms with Gasteiger partial charge in [0.25, 0.3) is 0 Å². The Bertz CT molecular complexity index is 627. The zero-order chi connectivity index (χ0) is 14.1. The number of aliphatic hydroxyl groups is 1. The fourth-order valence-electron chi connectivity index (χ4n) is 2.67. The molecule has 0 unspecified atom stereocenters. The van der Waals surface area contributed by atoms with Gasteiger partial charge in [0.15, 0.2) is 0 Å². The van der Waals surface area contributed by atoms with Crippen LogP contribution in [0.25, 0.3) is 10.9 Å². The number of halogens is 2. The third kappa shape index (κ3) is 3.08. The number of fused-ring (bicyclic) bond motifs is 1. The first kappa shape index (κ1) is 14.1. The number of hydrogen-bond acceptors (Lipinski definition) is 3. The molecule has 0 radical (unpaired) electrons. The maximum atomic E-state index is 9.53. The predicted octanol–water partition coefficient (Wildman–Crippen LogP) is 4.37. The van der Waals surface area contributed by atoms with Gasteiger partial charge in [-0.2, -0.15) is 0 Å². The number of benzene rings is 1. The Balaban J connectivity index is 1.82. The predicted molar refractivity (Wildman–Crippen MR) is 86.3 cm³/mol. The Morgan fingerprint density at radius 2 is 1.95 bits per heavy atom. The highest BCUT2D eigenvalue weighted by atomic mass is 79.9. The summed E-state index contributed by atoms with van der Waals surface area (Å²) in [4.78, 5) is 4.60. The van der Waals surface area contributed by atoms with Crippen LogP contribution >= 0.6 is 27.5 Å².